The molecule has 0 saturated carbocycles. The Morgan fingerprint density at radius 3 is 2.32 bits per heavy atom. The average molecular weight is 414 g/mol. The fourth-order valence-electron chi connectivity index (χ4n) is 3.69. The van der Waals surface area contributed by atoms with Gasteiger partial charge in [0.25, 0.3) is 5.56 Å². The molecule has 2 heterocycles. The highest BCUT2D eigenvalue weighted by atomic mass is 16.5. The minimum atomic E-state index is -0.0549. The van der Waals surface area contributed by atoms with Gasteiger partial charge in [0.05, 0.1) is 12.3 Å². The second kappa shape index (κ2) is 9.58. The summed E-state index contributed by atoms with van der Waals surface area (Å²) in [5.74, 6) is 0.875. The summed E-state index contributed by atoms with van der Waals surface area (Å²) in [5, 5.41) is 0. The number of aryl methyl sites for hydroxylation is 1. The van der Waals surface area contributed by atoms with E-state index in [4.69, 9.17) is 9.72 Å². The van der Waals surface area contributed by atoms with Crippen LogP contribution >= 0.6 is 0 Å². The van der Waals surface area contributed by atoms with Gasteiger partial charge in [-0.15, -0.1) is 0 Å². The summed E-state index contributed by atoms with van der Waals surface area (Å²) < 4.78 is 7.15. The maximum absolute atomic E-state index is 12.6. The lowest BCUT2D eigenvalue weighted by Crippen LogP contribution is -2.25. The van der Waals surface area contributed by atoms with E-state index in [1.54, 1.807) is 16.7 Å². The molecule has 0 aliphatic carbocycles. The van der Waals surface area contributed by atoms with Crippen molar-refractivity contribution in [3.63, 3.8) is 0 Å². The van der Waals surface area contributed by atoms with Crippen molar-refractivity contribution in [3.8, 4) is 5.75 Å². The predicted molar refractivity (Wildman–Crippen MR) is 123 cm³/mol. The number of nitrogens with zero attached hydrogens (tertiary/aromatic N) is 3. The smallest absolute Gasteiger partial charge is 0.258 e. The molecule has 0 saturated heterocycles. The molecular weight excluding hydrogens is 386 g/mol. The summed E-state index contributed by atoms with van der Waals surface area (Å²) in [6.07, 6.45) is 1.78. The third-order valence-corrected chi connectivity index (χ3v) is 5.15. The normalized spacial score (nSPS) is 11.2. The first kappa shape index (κ1) is 20.8. The third kappa shape index (κ3) is 5.38. The number of rotatable bonds is 8. The van der Waals surface area contributed by atoms with Crippen LogP contribution in [0.2, 0.25) is 0 Å². The lowest BCUT2D eigenvalue weighted by atomic mass is 10.1. The van der Waals surface area contributed by atoms with Crippen molar-refractivity contribution in [3.05, 3.63) is 112 Å². The average Bonchev–Trinajstić information content (AvgIpc) is 2.76. The van der Waals surface area contributed by atoms with Gasteiger partial charge in [-0.1, -0.05) is 42.5 Å². The van der Waals surface area contributed by atoms with Crippen LogP contribution in [-0.4, -0.2) is 20.9 Å². The van der Waals surface area contributed by atoms with Crippen LogP contribution in [0, 0.1) is 6.92 Å². The number of ether oxygens (including phenoxy) is 1. The van der Waals surface area contributed by atoms with Gasteiger partial charge in [0, 0.05) is 31.9 Å². The fraction of sp³-hybridized carbons (Fsp3) is 0.231. The molecule has 4 aromatic rings. The molecule has 0 spiro atoms. The number of pyridine rings is 1. The van der Waals surface area contributed by atoms with E-state index in [9.17, 15) is 4.79 Å². The van der Waals surface area contributed by atoms with Gasteiger partial charge in [0.1, 0.15) is 11.4 Å². The molecule has 0 amide bonds. The lowest BCUT2D eigenvalue weighted by Gasteiger charge is -2.22. The molecule has 0 aliphatic rings. The summed E-state index contributed by atoms with van der Waals surface area (Å²) in [6.45, 7) is 6.74. The van der Waals surface area contributed by atoms with Gasteiger partial charge in [-0.05, 0) is 54.8 Å². The Labute approximate surface area is 182 Å². The highest BCUT2D eigenvalue weighted by Gasteiger charge is 2.12. The molecule has 5 heteroatoms. The molecule has 4 rings (SSSR count). The molecule has 0 unspecified atom stereocenters. The van der Waals surface area contributed by atoms with Crippen molar-refractivity contribution in [2.24, 2.45) is 0 Å². The Kier molecular flexibility index (Phi) is 6.43. The van der Waals surface area contributed by atoms with Crippen molar-refractivity contribution in [1.82, 2.24) is 14.3 Å². The molecule has 5 nitrogen and oxygen atoms in total. The molecule has 0 bridgehead atoms. The number of fused-ring (bicyclic) bond motifs is 1. The zero-order valence-electron chi connectivity index (χ0n) is 18.0. The van der Waals surface area contributed by atoms with E-state index in [0.717, 1.165) is 30.1 Å². The predicted octanol–water partition coefficient (Wildman–Crippen LogP) is 4.60. The van der Waals surface area contributed by atoms with Crippen molar-refractivity contribution >= 4 is 5.65 Å². The molecule has 2 aromatic carbocycles. The van der Waals surface area contributed by atoms with E-state index < -0.39 is 0 Å². The quantitative estimate of drug-likeness (QED) is 0.423. The van der Waals surface area contributed by atoms with E-state index in [1.165, 1.54) is 11.1 Å². The highest BCUT2D eigenvalue weighted by molar-refractivity contribution is 5.41. The van der Waals surface area contributed by atoms with Crippen LogP contribution in [0.3, 0.4) is 0 Å². The zero-order valence-corrected chi connectivity index (χ0v) is 18.0. The minimum Gasteiger partial charge on any atom is -0.494 e. The minimum absolute atomic E-state index is 0.0549. The van der Waals surface area contributed by atoms with Crippen LogP contribution < -0.4 is 10.3 Å². The standard InChI is InChI=1S/C26H27N3O2/c1-3-31-24-11-9-22(10-12-24)18-28(17-21-7-5-4-6-8-21)19-23-16-26(30)29-14-13-20(2)15-25(29)27-23/h4-16H,3,17-19H2,1-2H3. The van der Waals surface area contributed by atoms with Crippen molar-refractivity contribution in [1.29, 1.82) is 0 Å². The Morgan fingerprint density at radius 2 is 1.61 bits per heavy atom. The molecule has 0 radical (unpaired) electrons. The van der Waals surface area contributed by atoms with Gasteiger partial charge in [-0.25, -0.2) is 4.98 Å². The van der Waals surface area contributed by atoms with Crippen molar-refractivity contribution in [2.75, 3.05) is 6.61 Å². The van der Waals surface area contributed by atoms with Crippen molar-refractivity contribution < 1.29 is 4.74 Å². The van der Waals surface area contributed by atoms with E-state index in [2.05, 4.69) is 29.2 Å². The number of hydrogen-bond acceptors (Lipinski definition) is 4. The van der Waals surface area contributed by atoms with E-state index in [1.807, 2.05) is 56.3 Å². The molecule has 2 aromatic heterocycles. The zero-order chi connectivity index (χ0) is 21.6. The van der Waals surface area contributed by atoms with Crippen LogP contribution in [0.15, 0.2) is 83.8 Å². The second-order valence-corrected chi connectivity index (χ2v) is 7.73. The fourth-order valence-corrected chi connectivity index (χ4v) is 3.69. The molecule has 31 heavy (non-hydrogen) atoms. The van der Waals surface area contributed by atoms with Crippen LogP contribution in [-0.2, 0) is 19.6 Å². The van der Waals surface area contributed by atoms with E-state index in [0.29, 0.717) is 18.8 Å². The maximum Gasteiger partial charge on any atom is 0.258 e. The molecule has 0 aliphatic heterocycles. The molecular formula is C26H27N3O2. The summed E-state index contributed by atoms with van der Waals surface area (Å²) in [5.41, 5.74) is 4.90. The van der Waals surface area contributed by atoms with Crippen LogP contribution in [0.1, 0.15) is 29.3 Å². The lowest BCUT2D eigenvalue weighted by molar-refractivity contribution is 0.244. The number of benzene rings is 2. The van der Waals surface area contributed by atoms with Gasteiger partial charge >= 0.3 is 0 Å². The van der Waals surface area contributed by atoms with Gasteiger partial charge in [0.15, 0.2) is 0 Å². The third-order valence-electron chi connectivity index (χ3n) is 5.15. The molecule has 0 N–H and O–H groups in total. The molecule has 0 fully saturated rings. The summed E-state index contributed by atoms with van der Waals surface area (Å²) in [7, 11) is 0. The monoisotopic (exact) mass is 413 g/mol. The first-order chi connectivity index (χ1) is 15.1. The Balaban J connectivity index is 1.61. The Bertz CT molecular complexity index is 1200. The van der Waals surface area contributed by atoms with Gasteiger partial charge in [0.2, 0.25) is 0 Å². The van der Waals surface area contributed by atoms with E-state index >= 15 is 0 Å². The number of aromatic nitrogens is 2. The first-order valence-electron chi connectivity index (χ1n) is 10.6. The summed E-state index contributed by atoms with van der Waals surface area (Å²) in [4.78, 5) is 19.7. The second-order valence-electron chi connectivity index (χ2n) is 7.73. The molecule has 0 atom stereocenters. The topological polar surface area (TPSA) is 46.8 Å². The highest BCUT2D eigenvalue weighted by Crippen LogP contribution is 2.17. The van der Waals surface area contributed by atoms with Crippen molar-refractivity contribution in [2.45, 2.75) is 33.5 Å². The number of hydrogen-bond donors (Lipinski definition) is 0. The van der Waals surface area contributed by atoms with Gasteiger partial charge in [-0.2, -0.15) is 0 Å². The van der Waals surface area contributed by atoms with E-state index in [-0.39, 0.29) is 5.56 Å². The summed E-state index contributed by atoms with van der Waals surface area (Å²) in [6, 6.07) is 24.1. The SMILES string of the molecule is CCOc1ccc(CN(Cc2ccccc2)Cc2cc(=O)n3ccc(C)cc3n2)cc1. The first-order valence-corrected chi connectivity index (χ1v) is 10.6. The largest absolute Gasteiger partial charge is 0.494 e. The summed E-state index contributed by atoms with van der Waals surface area (Å²) >= 11 is 0. The Morgan fingerprint density at radius 1 is 0.903 bits per heavy atom. The van der Waals surface area contributed by atoms with Crippen LogP contribution in [0.5, 0.6) is 5.75 Å². The van der Waals surface area contributed by atoms with Gasteiger partial charge < -0.3 is 4.74 Å². The van der Waals surface area contributed by atoms with Crippen LogP contribution in [0.25, 0.3) is 5.65 Å². The Hall–Kier alpha value is -3.44. The van der Waals surface area contributed by atoms with Gasteiger partial charge in [-0.3, -0.25) is 14.1 Å². The van der Waals surface area contributed by atoms with Crippen LogP contribution in [0.4, 0.5) is 0 Å². The maximum atomic E-state index is 12.6. The molecule has 158 valence electrons.